The molecule has 1 amide bonds. The lowest BCUT2D eigenvalue weighted by Crippen LogP contribution is -2.35. The summed E-state index contributed by atoms with van der Waals surface area (Å²) in [5.74, 6) is 7.25. The van der Waals surface area contributed by atoms with Crippen LogP contribution in [-0.4, -0.2) is 37.6 Å². The molecule has 1 aliphatic rings. The van der Waals surface area contributed by atoms with E-state index < -0.39 is 0 Å². The van der Waals surface area contributed by atoms with Gasteiger partial charge in [0.15, 0.2) is 5.82 Å². The monoisotopic (exact) mass is 360 g/mol. The second-order valence-electron chi connectivity index (χ2n) is 6.43. The fourth-order valence-corrected chi connectivity index (χ4v) is 3.84. The van der Waals surface area contributed by atoms with Gasteiger partial charge in [0.05, 0.1) is 5.25 Å². The molecule has 0 aromatic carbocycles. The zero-order valence-corrected chi connectivity index (χ0v) is 15.2. The number of amides is 1. The van der Waals surface area contributed by atoms with Crippen molar-refractivity contribution in [2.75, 3.05) is 12.4 Å². The molecule has 0 saturated heterocycles. The van der Waals surface area contributed by atoms with Crippen LogP contribution in [0, 0.1) is 5.92 Å². The van der Waals surface area contributed by atoms with Crippen LogP contribution in [0.3, 0.4) is 0 Å². The van der Waals surface area contributed by atoms with E-state index in [4.69, 9.17) is 5.84 Å². The van der Waals surface area contributed by atoms with Crippen LogP contribution in [0.15, 0.2) is 29.7 Å². The van der Waals surface area contributed by atoms with E-state index in [0.717, 1.165) is 12.1 Å². The number of nitrogens with two attached hydrogens (primary N) is 1. The van der Waals surface area contributed by atoms with Gasteiger partial charge in [0.1, 0.15) is 0 Å². The molecule has 1 fully saturated rings. The molecule has 134 valence electrons. The van der Waals surface area contributed by atoms with E-state index in [2.05, 4.69) is 20.5 Å². The molecule has 2 aromatic rings. The van der Waals surface area contributed by atoms with E-state index >= 15 is 0 Å². The van der Waals surface area contributed by atoms with Crippen molar-refractivity contribution in [2.24, 2.45) is 5.92 Å². The van der Waals surface area contributed by atoms with E-state index in [-0.39, 0.29) is 11.2 Å². The minimum Gasteiger partial charge on any atom is -0.355 e. The van der Waals surface area contributed by atoms with Gasteiger partial charge < -0.3 is 11.2 Å². The Labute approximate surface area is 151 Å². The molecule has 1 saturated carbocycles. The molecule has 1 aliphatic carbocycles. The Morgan fingerprint density at radius 2 is 2.20 bits per heavy atom. The molecule has 2 aromatic heterocycles. The highest BCUT2D eigenvalue weighted by Crippen LogP contribution is 2.25. The van der Waals surface area contributed by atoms with Crippen LogP contribution >= 0.6 is 11.8 Å². The van der Waals surface area contributed by atoms with Crippen molar-refractivity contribution in [3.63, 3.8) is 0 Å². The van der Waals surface area contributed by atoms with Crippen molar-refractivity contribution < 1.29 is 4.79 Å². The summed E-state index contributed by atoms with van der Waals surface area (Å²) in [4.78, 5) is 16.4. The van der Waals surface area contributed by atoms with Gasteiger partial charge in [-0.05, 0) is 37.8 Å². The first-order valence-corrected chi connectivity index (χ1v) is 9.58. The molecule has 0 aliphatic heterocycles. The number of carbonyl (C=O) groups is 1. The highest BCUT2D eigenvalue weighted by molar-refractivity contribution is 8.00. The number of nitrogens with one attached hydrogen (secondary N) is 1. The molecule has 0 bridgehead atoms. The van der Waals surface area contributed by atoms with Gasteiger partial charge in [0, 0.05) is 24.5 Å². The quantitative estimate of drug-likeness (QED) is 0.605. The maximum absolute atomic E-state index is 12.3. The van der Waals surface area contributed by atoms with Gasteiger partial charge in [-0.2, -0.15) is 0 Å². The van der Waals surface area contributed by atoms with Crippen molar-refractivity contribution in [3.8, 4) is 11.4 Å². The summed E-state index contributed by atoms with van der Waals surface area (Å²) >= 11 is 1.31. The van der Waals surface area contributed by atoms with Crippen LogP contribution in [0.1, 0.15) is 39.0 Å². The third-order valence-corrected chi connectivity index (χ3v) is 5.58. The Bertz CT molecular complexity index is 698. The first-order chi connectivity index (χ1) is 12.1. The standard InChI is InChI=1S/C17H24N6OS/c1-12(16(24)20-10-13-6-3-2-4-7-13)25-17-22-21-15(23(17)18)14-8-5-9-19-11-14/h5,8-9,11-13H,2-4,6-7,10,18H2,1H3,(H,20,24)/t12-/m1/s1. The lowest BCUT2D eigenvalue weighted by Gasteiger charge is -2.22. The van der Waals surface area contributed by atoms with Crippen LogP contribution in [0.5, 0.6) is 0 Å². The van der Waals surface area contributed by atoms with Gasteiger partial charge in [-0.3, -0.25) is 9.78 Å². The third kappa shape index (κ3) is 4.50. The smallest absolute Gasteiger partial charge is 0.233 e. The maximum Gasteiger partial charge on any atom is 0.233 e. The number of nitrogens with zero attached hydrogens (tertiary/aromatic N) is 4. The summed E-state index contributed by atoms with van der Waals surface area (Å²) in [6, 6.07) is 3.69. The summed E-state index contributed by atoms with van der Waals surface area (Å²) in [6.07, 6.45) is 9.68. The van der Waals surface area contributed by atoms with E-state index in [1.165, 1.54) is 48.5 Å². The summed E-state index contributed by atoms with van der Waals surface area (Å²) in [5, 5.41) is 11.5. The summed E-state index contributed by atoms with van der Waals surface area (Å²) < 4.78 is 1.41. The van der Waals surface area contributed by atoms with Gasteiger partial charge in [0.2, 0.25) is 11.1 Å². The summed E-state index contributed by atoms with van der Waals surface area (Å²) in [7, 11) is 0. The lowest BCUT2D eigenvalue weighted by atomic mass is 9.89. The molecule has 8 heteroatoms. The van der Waals surface area contributed by atoms with Gasteiger partial charge in [-0.1, -0.05) is 31.0 Å². The van der Waals surface area contributed by atoms with Crippen molar-refractivity contribution in [1.82, 2.24) is 25.2 Å². The second kappa shape index (κ2) is 8.33. The Hall–Kier alpha value is -2.09. The van der Waals surface area contributed by atoms with E-state index in [0.29, 0.717) is 16.9 Å². The summed E-state index contributed by atoms with van der Waals surface area (Å²) in [6.45, 7) is 2.62. The Kier molecular flexibility index (Phi) is 5.91. The van der Waals surface area contributed by atoms with Crippen LogP contribution in [-0.2, 0) is 4.79 Å². The molecule has 1 atom stereocenters. The lowest BCUT2D eigenvalue weighted by molar-refractivity contribution is -0.120. The van der Waals surface area contributed by atoms with Crippen molar-refractivity contribution in [1.29, 1.82) is 0 Å². The highest BCUT2D eigenvalue weighted by atomic mass is 32.2. The van der Waals surface area contributed by atoms with Crippen LogP contribution < -0.4 is 11.2 Å². The number of nitrogen functional groups attached to an aromatic ring is 1. The first-order valence-electron chi connectivity index (χ1n) is 8.70. The van der Waals surface area contributed by atoms with Crippen molar-refractivity contribution in [3.05, 3.63) is 24.5 Å². The van der Waals surface area contributed by atoms with Crippen LogP contribution in [0.2, 0.25) is 0 Å². The molecule has 25 heavy (non-hydrogen) atoms. The zero-order chi connectivity index (χ0) is 17.6. The summed E-state index contributed by atoms with van der Waals surface area (Å²) in [5.41, 5.74) is 0.791. The van der Waals surface area contributed by atoms with Gasteiger partial charge >= 0.3 is 0 Å². The number of hydrogen-bond donors (Lipinski definition) is 2. The molecular formula is C17H24N6OS. The average Bonchev–Trinajstić information content (AvgIpc) is 3.01. The van der Waals surface area contributed by atoms with Crippen molar-refractivity contribution in [2.45, 2.75) is 49.4 Å². The molecule has 3 rings (SSSR count). The second-order valence-corrected chi connectivity index (χ2v) is 7.74. The molecule has 7 nitrogen and oxygen atoms in total. The van der Waals surface area contributed by atoms with E-state index in [1.54, 1.807) is 12.4 Å². The minimum atomic E-state index is -0.281. The van der Waals surface area contributed by atoms with Crippen LogP contribution in [0.25, 0.3) is 11.4 Å². The average molecular weight is 360 g/mol. The normalized spacial score (nSPS) is 16.5. The molecule has 0 unspecified atom stereocenters. The number of thioether (sulfide) groups is 1. The molecule has 0 radical (unpaired) electrons. The minimum absolute atomic E-state index is 0.0153. The first kappa shape index (κ1) is 17.7. The Morgan fingerprint density at radius 1 is 1.40 bits per heavy atom. The molecule has 3 N–H and O–H groups in total. The predicted octanol–water partition coefficient (Wildman–Crippen LogP) is 2.23. The zero-order valence-electron chi connectivity index (χ0n) is 14.4. The van der Waals surface area contributed by atoms with Gasteiger partial charge in [-0.25, -0.2) is 4.68 Å². The van der Waals surface area contributed by atoms with Crippen LogP contribution in [0.4, 0.5) is 0 Å². The van der Waals surface area contributed by atoms with E-state index in [9.17, 15) is 4.79 Å². The Morgan fingerprint density at radius 3 is 2.92 bits per heavy atom. The fraction of sp³-hybridized carbons (Fsp3) is 0.529. The Balaban J connectivity index is 1.56. The molecule has 0 spiro atoms. The number of hydrogen-bond acceptors (Lipinski definition) is 6. The fourth-order valence-electron chi connectivity index (χ4n) is 3.04. The van der Waals surface area contributed by atoms with E-state index in [1.807, 2.05) is 19.1 Å². The number of carbonyl (C=O) groups excluding carboxylic acids is 1. The number of pyridine rings is 1. The topological polar surface area (TPSA) is 98.7 Å². The highest BCUT2D eigenvalue weighted by Gasteiger charge is 2.21. The van der Waals surface area contributed by atoms with Crippen molar-refractivity contribution >= 4 is 17.7 Å². The number of aromatic nitrogens is 4. The largest absolute Gasteiger partial charge is 0.355 e. The predicted molar refractivity (Wildman–Crippen MR) is 98.3 cm³/mol. The molecular weight excluding hydrogens is 336 g/mol. The third-order valence-electron chi connectivity index (χ3n) is 4.53. The van der Waals surface area contributed by atoms with Gasteiger partial charge in [-0.15, -0.1) is 10.2 Å². The maximum atomic E-state index is 12.3. The van der Waals surface area contributed by atoms with Gasteiger partial charge in [0.25, 0.3) is 0 Å². The molecule has 2 heterocycles. The SMILES string of the molecule is C[C@@H](Sc1nnc(-c2cccnc2)n1N)C(=O)NCC1CCCCC1. The number of rotatable bonds is 6.